The minimum absolute atomic E-state index is 0. The van der Waals surface area contributed by atoms with Crippen molar-refractivity contribution >= 4 is 12.4 Å². The van der Waals surface area contributed by atoms with Crippen LogP contribution < -0.4 is 10.5 Å². The van der Waals surface area contributed by atoms with Crippen LogP contribution in [0.5, 0.6) is 5.75 Å². The number of ether oxygens (including phenoxy) is 1. The lowest BCUT2D eigenvalue weighted by Crippen LogP contribution is -2.30. The second kappa shape index (κ2) is 6.79. The molecule has 0 amide bonds. The van der Waals surface area contributed by atoms with E-state index in [0.29, 0.717) is 5.56 Å². The Labute approximate surface area is 107 Å². The first-order valence-corrected chi connectivity index (χ1v) is 5.24. The number of hydrogen-bond acceptors (Lipinski definition) is 3. The molecule has 0 unspecified atom stereocenters. The van der Waals surface area contributed by atoms with E-state index in [-0.39, 0.29) is 24.1 Å². The van der Waals surface area contributed by atoms with Crippen LogP contribution in [-0.2, 0) is 0 Å². The Morgan fingerprint density at radius 1 is 1.35 bits per heavy atom. The number of hydrogen-bond donors (Lipinski definition) is 2. The van der Waals surface area contributed by atoms with Gasteiger partial charge in [-0.25, -0.2) is 4.39 Å². The smallest absolute Gasteiger partial charge is 0.165 e. The summed E-state index contributed by atoms with van der Waals surface area (Å²) in [5.41, 5.74) is 6.55. The van der Waals surface area contributed by atoms with Crippen molar-refractivity contribution in [2.24, 2.45) is 11.7 Å². The van der Waals surface area contributed by atoms with Crippen LogP contribution in [0.25, 0.3) is 0 Å². The molecule has 1 rings (SSSR count). The zero-order chi connectivity index (χ0) is 12.3. The van der Waals surface area contributed by atoms with Crippen LogP contribution >= 0.6 is 12.4 Å². The number of methoxy groups -OCH3 is 1. The van der Waals surface area contributed by atoms with Crippen LogP contribution in [0, 0.1) is 11.7 Å². The fraction of sp³-hybridized carbons (Fsp3) is 0.500. The zero-order valence-corrected chi connectivity index (χ0v) is 11.0. The Kier molecular flexibility index (Phi) is 6.45. The van der Waals surface area contributed by atoms with Gasteiger partial charge in [0.15, 0.2) is 11.6 Å². The van der Waals surface area contributed by atoms with E-state index in [2.05, 4.69) is 0 Å². The summed E-state index contributed by atoms with van der Waals surface area (Å²) in [5, 5.41) is 9.82. The number of halogens is 2. The number of rotatable bonds is 4. The van der Waals surface area contributed by atoms with Gasteiger partial charge in [-0.3, -0.25) is 0 Å². The lowest BCUT2D eigenvalue weighted by molar-refractivity contribution is 0.0978. The molecule has 0 aromatic heterocycles. The Hall–Kier alpha value is -0.840. The maximum Gasteiger partial charge on any atom is 0.165 e. The van der Waals surface area contributed by atoms with Gasteiger partial charge in [0.2, 0.25) is 0 Å². The van der Waals surface area contributed by atoms with Gasteiger partial charge in [-0.1, -0.05) is 19.9 Å². The van der Waals surface area contributed by atoms with Gasteiger partial charge >= 0.3 is 0 Å². The van der Waals surface area contributed by atoms with Crippen molar-refractivity contribution in [3.8, 4) is 5.75 Å². The second-order valence-electron chi connectivity index (χ2n) is 4.15. The van der Waals surface area contributed by atoms with Crippen LogP contribution in [-0.4, -0.2) is 18.3 Å². The molecule has 3 N–H and O–H groups in total. The lowest BCUT2D eigenvalue weighted by atomic mass is 9.94. The highest BCUT2D eigenvalue weighted by molar-refractivity contribution is 5.85. The molecule has 3 nitrogen and oxygen atoms in total. The van der Waals surface area contributed by atoms with Gasteiger partial charge < -0.3 is 15.6 Å². The average molecular weight is 264 g/mol. The molecule has 17 heavy (non-hydrogen) atoms. The van der Waals surface area contributed by atoms with Crippen LogP contribution in [0.3, 0.4) is 0 Å². The molecule has 0 saturated carbocycles. The second-order valence-corrected chi connectivity index (χ2v) is 4.15. The molecular formula is C12H19ClFNO2. The summed E-state index contributed by atoms with van der Waals surface area (Å²) in [6.07, 6.45) is -0.657. The van der Waals surface area contributed by atoms with Crippen molar-refractivity contribution in [1.29, 1.82) is 0 Å². The molecule has 1 aromatic carbocycles. The fourth-order valence-corrected chi connectivity index (χ4v) is 1.50. The molecule has 0 saturated heterocycles. The number of aliphatic hydroxyl groups excluding tert-OH is 1. The highest BCUT2D eigenvalue weighted by atomic mass is 35.5. The molecule has 0 aliphatic carbocycles. The molecule has 0 heterocycles. The largest absolute Gasteiger partial charge is 0.494 e. The highest BCUT2D eigenvalue weighted by Gasteiger charge is 2.21. The molecule has 98 valence electrons. The van der Waals surface area contributed by atoms with Crippen LogP contribution in [0.15, 0.2) is 18.2 Å². The van der Waals surface area contributed by atoms with E-state index in [9.17, 15) is 9.50 Å². The molecule has 0 bridgehead atoms. The number of benzene rings is 1. The zero-order valence-electron chi connectivity index (χ0n) is 10.2. The molecule has 0 aliphatic rings. The van der Waals surface area contributed by atoms with E-state index >= 15 is 0 Å². The molecule has 0 aliphatic heterocycles. The van der Waals surface area contributed by atoms with Crippen molar-refractivity contribution < 1.29 is 14.2 Å². The summed E-state index contributed by atoms with van der Waals surface area (Å²) < 4.78 is 18.0. The Balaban J connectivity index is 0.00000256. The fourth-order valence-electron chi connectivity index (χ4n) is 1.50. The molecule has 0 fully saturated rings. The van der Waals surface area contributed by atoms with Crippen molar-refractivity contribution in [3.63, 3.8) is 0 Å². The van der Waals surface area contributed by atoms with Gasteiger partial charge in [-0.05, 0) is 23.6 Å². The van der Waals surface area contributed by atoms with Gasteiger partial charge in [0.25, 0.3) is 0 Å². The third-order valence-corrected chi connectivity index (χ3v) is 2.61. The normalized spacial score (nSPS) is 14.1. The van der Waals surface area contributed by atoms with Crippen LogP contribution in [0.1, 0.15) is 25.5 Å². The van der Waals surface area contributed by atoms with Gasteiger partial charge in [-0.15, -0.1) is 12.4 Å². The molecule has 5 heteroatoms. The minimum atomic E-state index is -0.657. The van der Waals surface area contributed by atoms with Crippen molar-refractivity contribution in [2.75, 3.05) is 7.11 Å². The SMILES string of the molecule is COc1cc([C@H](N)[C@H](O)C(C)C)ccc1F.Cl. The van der Waals surface area contributed by atoms with E-state index in [1.807, 2.05) is 13.8 Å². The molecule has 2 atom stereocenters. The van der Waals surface area contributed by atoms with Gasteiger partial charge in [0.05, 0.1) is 19.3 Å². The summed E-state index contributed by atoms with van der Waals surface area (Å²) >= 11 is 0. The van der Waals surface area contributed by atoms with Crippen LogP contribution in [0.2, 0.25) is 0 Å². The predicted octanol–water partition coefficient (Wildman–Crippen LogP) is 2.27. The molecule has 0 radical (unpaired) electrons. The molecule has 0 spiro atoms. The van der Waals surface area contributed by atoms with E-state index in [1.54, 1.807) is 6.07 Å². The summed E-state index contributed by atoms with van der Waals surface area (Å²) in [7, 11) is 1.40. The van der Waals surface area contributed by atoms with Crippen molar-refractivity contribution in [1.82, 2.24) is 0 Å². The first-order valence-electron chi connectivity index (χ1n) is 5.24. The summed E-state index contributed by atoms with van der Waals surface area (Å²) in [6, 6.07) is 3.84. The average Bonchev–Trinajstić information content (AvgIpc) is 2.27. The first-order chi connectivity index (χ1) is 7.47. The minimum Gasteiger partial charge on any atom is -0.494 e. The summed E-state index contributed by atoms with van der Waals surface area (Å²) in [6.45, 7) is 3.76. The van der Waals surface area contributed by atoms with Gasteiger partial charge in [0.1, 0.15) is 0 Å². The highest BCUT2D eigenvalue weighted by Crippen LogP contribution is 2.25. The third kappa shape index (κ3) is 3.84. The number of nitrogens with two attached hydrogens (primary N) is 1. The third-order valence-electron chi connectivity index (χ3n) is 2.61. The van der Waals surface area contributed by atoms with Gasteiger partial charge in [-0.2, -0.15) is 0 Å². The van der Waals surface area contributed by atoms with Crippen molar-refractivity contribution in [3.05, 3.63) is 29.6 Å². The standard InChI is InChI=1S/C12H18FNO2.ClH/c1-7(2)12(15)11(14)8-4-5-9(13)10(6-8)16-3;/h4-7,11-12,15H,14H2,1-3H3;1H/t11-,12+;/m0./s1. The Morgan fingerprint density at radius 3 is 2.41 bits per heavy atom. The molecule has 1 aromatic rings. The Morgan fingerprint density at radius 2 is 1.94 bits per heavy atom. The Bertz CT molecular complexity index is 360. The van der Waals surface area contributed by atoms with E-state index < -0.39 is 18.0 Å². The monoisotopic (exact) mass is 263 g/mol. The lowest BCUT2D eigenvalue weighted by Gasteiger charge is -2.22. The molecular weight excluding hydrogens is 245 g/mol. The van der Waals surface area contributed by atoms with E-state index in [1.165, 1.54) is 19.2 Å². The van der Waals surface area contributed by atoms with Gasteiger partial charge in [0, 0.05) is 0 Å². The van der Waals surface area contributed by atoms with Crippen LogP contribution in [0.4, 0.5) is 4.39 Å². The maximum atomic E-state index is 13.2. The van der Waals surface area contributed by atoms with E-state index in [4.69, 9.17) is 10.5 Å². The quantitative estimate of drug-likeness (QED) is 0.876. The van der Waals surface area contributed by atoms with Crippen molar-refractivity contribution in [2.45, 2.75) is 26.0 Å². The topological polar surface area (TPSA) is 55.5 Å². The maximum absolute atomic E-state index is 13.2. The first kappa shape index (κ1) is 16.2. The summed E-state index contributed by atoms with van der Waals surface area (Å²) in [5.74, 6) is -0.243. The predicted molar refractivity (Wildman–Crippen MR) is 68.0 cm³/mol. The summed E-state index contributed by atoms with van der Waals surface area (Å²) in [4.78, 5) is 0. The van der Waals surface area contributed by atoms with E-state index in [0.717, 1.165) is 0 Å². The number of aliphatic hydroxyl groups is 1.